The molecular weight excluding hydrogens is 332 g/mol. The molecule has 1 fully saturated rings. The molecule has 0 bridgehead atoms. The Morgan fingerprint density at radius 3 is 2.80 bits per heavy atom. The van der Waals surface area contributed by atoms with Crippen LogP contribution >= 0.6 is 11.8 Å². The topological polar surface area (TPSA) is 41.9 Å². The maximum atomic E-state index is 13.1. The van der Waals surface area contributed by atoms with E-state index < -0.39 is 0 Å². The molecule has 5 heteroatoms. The van der Waals surface area contributed by atoms with E-state index in [4.69, 9.17) is 9.73 Å². The smallest absolute Gasteiger partial charge is 0.260 e. The molecule has 1 amide bonds. The molecule has 4 nitrogen and oxygen atoms in total. The van der Waals surface area contributed by atoms with Crippen LogP contribution in [0.3, 0.4) is 0 Å². The van der Waals surface area contributed by atoms with Gasteiger partial charge in [-0.3, -0.25) is 9.69 Å². The maximum Gasteiger partial charge on any atom is 0.260 e. The highest BCUT2D eigenvalue weighted by Gasteiger charge is 2.34. The van der Waals surface area contributed by atoms with Crippen LogP contribution in [0.5, 0.6) is 5.75 Å². The maximum absolute atomic E-state index is 13.1. The highest BCUT2D eigenvalue weighted by molar-refractivity contribution is 8.14. The molecular formula is C20H22N2O2S. The highest BCUT2D eigenvalue weighted by atomic mass is 32.2. The summed E-state index contributed by atoms with van der Waals surface area (Å²) in [5, 5.41) is 0.769. The summed E-state index contributed by atoms with van der Waals surface area (Å²) in [5.74, 6) is 1.53. The number of carbonyl (C=O) groups excluding carboxylic acids is 1. The van der Waals surface area contributed by atoms with Crippen molar-refractivity contribution < 1.29 is 9.53 Å². The molecule has 0 unspecified atom stereocenters. The second-order valence-corrected chi connectivity index (χ2v) is 7.00. The second kappa shape index (κ2) is 7.74. The lowest BCUT2D eigenvalue weighted by molar-refractivity contribution is 0.0819. The van der Waals surface area contributed by atoms with Gasteiger partial charge in [0.1, 0.15) is 5.75 Å². The number of carbonyl (C=O) groups is 1. The molecule has 1 aliphatic heterocycles. The van der Waals surface area contributed by atoms with Gasteiger partial charge in [-0.05, 0) is 49.2 Å². The van der Waals surface area contributed by atoms with Crippen molar-refractivity contribution in [2.24, 2.45) is 4.99 Å². The van der Waals surface area contributed by atoms with Crippen molar-refractivity contribution in [2.45, 2.75) is 26.3 Å². The molecule has 0 N–H and O–H groups in total. The summed E-state index contributed by atoms with van der Waals surface area (Å²) >= 11 is 1.64. The lowest BCUT2D eigenvalue weighted by Crippen LogP contribution is -2.39. The zero-order valence-electron chi connectivity index (χ0n) is 14.7. The van der Waals surface area contributed by atoms with Gasteiger partial charge in [-0.2, -0.15) is 0 Å². The van der Waals surface area contributed by atoms with Crippen molar-refractivity contribution in [3.05, 3.63) is 59.7 Å². The molecule has 0 saturated carbocycles. The Hall–Kier alpha value is -2.27. The summed E-state index contributed by atoms with van der Waals surface area (Å²) in [5.41, 5.74) is 2.66. The van der Waals surface area contributed by atoms with Crippen molar-refractivity contribution in [2.75, 3.05) is 12.9 Å². The van der Waals surface area contributed by atoms with Crippen LogP contribution < -0.4 is 4.74 Å². The average molecular weight is 354 g/mol. The second-order valence-electron chi connectivity index (χ2n) is 6.01. The molecule has 0 spiro atoms. The first-order valence-electron chi connectivity index (χ1n) is 8.38. The van der Waals surface area contributed by atoms with Gasteiger partial charge in [-0.15, -0.1) is 0 Å². The Labute approximate surface area is 152 Å². The standard InChI is InChI=1S/C20H22N2O2S/c1-4-17-13-25-20(21-16-9-5-7-14(2)11-16)22(17)19(23)15-8-6-10-18(12-15)24-3/h5-12,17H,4,13H2,1-3H3/t17-/m0/s1. The van der Waals surface area contributed by atoms with Crippen LogP contribution in [0.15, 0.2) is 53.5 Å². The largest absolute Gasteiger partial charge is 0.497 e. The minimum Gasteiger partial charge on any atom is -0.497 e. The fourth-order valence-electron chi connectivity index (χ4n) is 2.81. The predicted octanol–water partition coefficient (Wildman–Crippen LogP) is 4.66. The molecule has 3 rings (SSSR count). The van der Waals surface area contributed by atoms with Crippen molar-refractivity contribution >= 4 is 28.5 Å². The summed E-state index contributed by atoms with van der Waals surface area (Å²) in [6, 6.07) is 15.5. The van der Waals surface area contributed by atoms with Crippen LogP contribution in [0.1, 0.15) is 29.3 Å². The third-order valence-electron chi connectivity index (χ3n) is 4.21. The highest BCUT2D eigenvalue weighted by Crippen LogP contribution is 2.31. The van der Waals surface area contributed by atoms with Crippen molar-refractivity contribution in [1.29, 1.82) is 0 Å². The van der Waals surface area contributed by atoms with Crippen LogP contribution in [-0.4, -0.2) is 34.9 Å². The number of amides is 1. The molecule has 1 heterocycles. The van der Waals surface area contributed by atoms with Gasteiger partial charge in [-0.25, -0.2) is 4.99 Å². The first-order chi connectivity index (χ1) is 12.1. The quantitative estimate of drug-likeness (QED) is 0.802. The summed E-state index contributed by atoms with van der Waals surface area (Å²) in [6.07, 6.45) is 0.898. The fraction of sp³-hybridized carbons (Fsp3) is 0.300. The Bertz CT molecular complexity index is 804. The van der Waals surface area contributed by atoms with Crippen LogP contribution in [-0.2, 0) is 0 Å². The van der Waals surface area contributed by atoms with E-state index in [1.165, 1.54) is 0 Å². The van der Waals surface area contributed by atoms with E-state index in [-0.39, 0.29) is 11.9 Å². The lowest BCUT2D eigenvalue weighted by atomic mass is 10.1. The first kappa shape index (κ1) is 17.5. The number of amidine groups is 1. The number of benzene rings is 2. The Balaban J connectivity index is 1.95. The Morgan fingerprint density at radius 1 is 1.28 bits per heavy atom. The molecule has 1 saturated heterocycles. The number of hydrogen-bond donors (Lipinski definition) is 0. The number of nitrogens with zero attached hydrogens (tertiary/aromatic N) is 2. The van der Waals surface area contributed by atoms with Gasteiger partial charge < -0.3 is 4.74 Å². The molecule has 130 valence electrons. The zero-order chi connectivity index (χ0) is 17.8. The zero-order valence-corrected chi connectivity index (χ0v) is 15.5. The van der Waals surface area contributed by atoms with Gasteiger partial charge in [0.2, 0.25) is 0 Å². The van der Waals surface area contributed by atoms with Gasteiger partial charge >= 0.3 is 0 Å². The SMILES string of the molecule is CC[C@H]1CSC(=Nc2cccc(C)c2)N1C(=O)c1cccc(OC)c1. The molecule has 0 aliphatic carbocycles. The monoisotopic (exact) mass is 354 g/mol. The fourth-order valence-corrected chi connectivity index (χ4v) is 4.08. The molecule has 2 aromatic rings. The minimum absolute atomic E-state index is 0.0258. The van der Waals surface area contributed by atoms with E-state index >= 15 is 0 Å². The molecule has 25 heavy (non-hydrogen) atoms. The first-order valence-corrected chi connectivity index (χ1v) is 9.36. The molecule has 2 aromatic carbocycles. The molecule has 1 atom stereocenters. The van der Waals surface area contributed by atoms with Crippen LogP contribution in [0.25, 0.3) is 0 Å². The number of aliphatic imine (C=N–C) groups is 1. The van der Waals surface area contributed by atoms with Gasteiger partial charge in [0, 0.05) is 17.4 Å². The van der Waals surface area contributed by atoms with Gasteiger partial charge in [0.25, 0.3) is 5.91 Å². The third-order valence-corrected chi connectivity index (χ3v) is 5.31. The summed E-state index contributed by atoms with van der Waals surface area (Å²) in [7, 11) is 1.61. The van der Waals surface area contributed by atoms with Gasteiger partial charge in [0.15, 0.2) is 5.17 Å². The summed E-state index contributed by atoms with van der Waals surface area (Å²) in [6.45, 7) is 4.15. The molecule has 0 radical (unpaired) electrons. The number of thioether (sulfide) groups is 1. The number of rotatable bonds is 4. The lowest BCUT2D eigenvalue weighted by Gasteiger charge is -2.23. The van der Waals surface area contributed by atoms with Crippen LogP contribution in [0.4, 0.5) is 5.69 Å². The number of hydrogen-bond acceptors (Lipinski definition) is 4. The normalized spacial score (nSPS) is 18.6. The minimum atomic E-state index is -0.0258. The molecule has 1 aliphatic rings. The molecule has 0 aromatic heterocycles. The van der Waals surface area contributed by atoms with E-state index in [0.29, 0.717) is 11.3 Å². The summed E-state index contributed by atoms with van der Waals surface area (Å²) in [4.78, 5) is 19.7. The van der Waals surface area contributed by atoms with Gasteiger partial charge in [-0.1, -0.05) is 36.9 Å². The van der Waals surface area contributed by atoms with Crippen LogP contribution in [0, 0.1) is 6.92 Å². The third kappa shape index (κ3) is 3.87. The average Bonchev–Trinajstić information content (AvgIpc) is 3.03. The Kier molecular flexibility index (Phi) is 5.43. The van der Waals surface area contributed by atoms with Crippen molar-refractivity contribution in [3.63, 3.8) is 0 Å². The van der Waals surface area contributed by atoms with E-state index in [9.17, 15) is 4.79 Å². The van der Waals surface area contributed by atoms with Crippen LogP contribution in [0.2, 0.25) is 0 Å². The Morgan fingerprint density at radius 2 is 2.08 bits per heavy atom. The summed E-state index contributed by atoms with van der Waals surface area (Å²) < 4.78 is 5.25. The van der Waals surface area contributed by atoms with Gasteiger partial charge in [0.05, 0.1) is 12.8 Å². The van der Waals surface area contributed by atoms with Crippen molar-refractivity contribution in [3.8, 4) is 5.75 Å². The van der Waals surface area contributed by atoms with E-state index in [1.807, 2.05) is 54.3 Å². The van der Waals surface area contributed by atoms with E-state index in [2.05, 4.69) is 6.92 Å². The number of methoxy groups -OCH3 is 1. The predicted molar refractivity (Wildman–Crippen MR) is 104 cm³/mol. The number of ether oxygens (including phenoxy) is 1. The number of aryl methyl sites for hydroxylation is 1. The van der Waals surface area contributed by atoms with Crippen molar-refractivity contribution in [1.82, 2.24) is 4.90 Å². The van der Waals surface area contributed by atoms with E-state index in [1.54, 1.807) is 24.9 Å². The van der Waals surface area contributed by atoms with E-state index in [0.717, 1.165) is 28.6 Å².